The molecule has 0 radical (unpaired) electrons. The number of rotatable bonds is 3. The van der Waals surface area contributed by atoms with Crippen molar-refractivity contribution in [2.75, 3.05) is 19.8 Å². The molecule has 3 N–H and O–H groups in total. The highest BCUT2D eigenvalue weighted by Gasteiger charge is 2.39. The molecule has 4 rings (SSSR count). The molecule has 1 fully saturated rings. The molecule has 30 heavy (non-hydrogen) atoms. The number of carbonyl (C=O) groups is 2. The van der Waals surface area contributed by atoms with Crippen molar-refractivity contribution in [2.45, 2.75) is 32.0 Å². The Morgan fingerprint density at radius 1 is 1.40 bits per heavy atom. The maximum absolute atomic E-state index is 13.7. The molecule has 2 aliphatic heterocycles. The van der Waals surface area contributed by atoms with Crippen LogP contribution >= 0.6 is 0 Å². The number of nitriles is 1. The number of aryl methyl sites for hydroxylation is 1. The summed E-state index contributed by atoms with van der Waals surface area (Å²) in [7, 11) is 0. The number of amides is 3. The number of urea groups is 1. The predicted molar refractivity (Wildman–Crippen MR) is 104 cm³/mol. The van der Waals surface area contributed by atoms with Crippen molar-refractivity contribution in [3.8, 4) is 17.3 Å². The minimum absolute atomic E-state index is 0.111. The van der Waals surface area contributed by atoms with Gasteiger partial charge in [-0.05, 0) is 30.7 Å². The number of carbonyl (C=O) groups excluding carboxylic acids is 2. The fourth-order valence-electron chi connectivity index (χ4n) is 3.81. The van der Waals surface area contributed by atoms with Crippen molar-refractivity contribution in [3.63, 3.8) is 0 Å². The first kappa shape index (κ1) is 19.8. The first-order valence-corrected chi connectivity index (χ1v) is 9.56. The normalized spacial score (nSPS) is 20.5. The van der Waals surface area contributed by atoms with Crippen molar-refractivity contribution >= 4 is 11.9 Å². The van der Waals surface area contributed by atoms with Crippen LogP contribution in [0, 0.1) is 24.1 Å². The molecule has 1 aromatic heterocycles. The highest BCUT2D eigenvalue weighted by molar-refractivity contribution is 6.00. The summed E-state index contributed by atoms with van der Waals surface area (Å²) < 4.78 is 20.6. The highest BCUT2D eigenvalue weighted by atomic mass is 19.1. The Bertz CT molecular complexity index is 1070. The number of benzene rings is 1. The van der Waals surface area contributed by atoms with E-state index in [1.807, 2.05) is 0 Å². The third-order valence-corrected chi connectivity index (χ3v) is 5.53. The lowest BCUT2D eigenvalue weighted by Gasteiger charge is -2.31. The number of hydrogen-bond acceptors (Lipinski definition) is 5. The average molecular weight is 412 g/mol. The monoisotopic (exact) mass is 412 g/mol. The van der Waals surface area contributed by atoms with Crippen LogP contribution in [0.1, 0.15) is 28.0 Å². The Morgan fingerprint density at radius 2 is 2.20 bits per heavy atom. The van der Waals surface area contributed by atoms with Gasteiger partial charge in [-0.25, -0.2) is 9.18 Å². The SMILES string of the molecule is Cc1cc(-c2nn3c(c2C(N)=O)CN(C(=O)NC2(C#N)CCOC2)CC3)ccc1F. The molecule has 3 amide bonds. The van der Waals surface area contributed by atoms with Gasteiger partial charge in [0.2, 0.25) is 0 Å². The van der Waals surface area contributed by atoms with Gasteiger partial charge in [0.25, 0.3) is 5.91 Å². The smallest absolute Gasteiger partial charge is 0.319 e. The van der Waals surface area contributed by atoms with Crippen LogP contribution in [0.15, 0.2) is 18.2 Å². The third kappa shape index (κ3) is 3.37. The summed E-state index contributed by atoms with van der Waals surface area (Å²) in [6, 6.07) is 6.19. The largest absolute Gasteiger partial charge is 0.378 e. The number of halogens is 1. The molecule has 156 valence electrons. The highest BCUT2D eigenvalue weighted by Crippen LogP contribution is 2.29. The molecule has 3 heterocycles. The molecule has 1 atom stereocenters. The van der Waals surface area contributed by atoms with E-state index in [-0.39, 0.29) is 24.5 Å². The number of nitrogens with zero attached hydrogens (tertiary/aromatic N) is 4. The topological polar surface area (TPSA) is 126 Å². The van der Waals surface area contributed by atoms with Crippen molar-refractivity contribution in [2.24, 2.45) is 5.73 Å². The van der Waals surface area contributed by atoms with Crippen LogP contribution in [-0.4, -0.2) is 51.9 Å². The zero-order valence-corrected chi connectivity index (χ0v) is 16.4. The van der Waals surface area contributed by atoms with E-state index in [1.165, 1.54) is 11.0 Å². The molecule has 0 spiro atoms. The van der Waals surface area contributed by atoms with Gasteiger partial charge in [-0.1, -0.05) is 0 Å². The van der Waals surface area contributed by atoms with E-state index < -0.39 is 17.5 Å². The maximum atomic E-state index is 13.7. The van der Waals surface area contributed by atoms with Gasteiger partial charge in [-0.3, -0.25) is 9.48 Å². The quantitative estimate of drug-likeness (QED) is 0.786. The van der Waals surface area contributed by atoms with Crippen molar-refractivity contribution in [1.82, 2.24) is 20.0 Å². The molecule has 9 nitrogen and oxygen atoms in total. The summed E-state index contributed by atoms with van der Waals surface area (Å²) in [4.78, 5) is 26.6. The van der Waals surface area contributed by atoms with Crippen molar-refractivity contribution < 1.29 is 18.7 Å². The number of primary amides is 1. The summed E-state index contributed by atoms with van der Waals surface area (Å²) in [5, 5.41) is 16.7. The minimum atomic E-state index is -1.04. The molecule has 0 saturated carbocycles. The van der Waals surface area contributed by atoms with Crippen molar-refractivity contribution in [3.05, 3.63) is 40.8 Å². The minimum Gasteiger partial charge on any atom is -0.378 e. The molecule has 1 aromatic carbocycles. The second kappa shape index (κ2) is 7.42. The fourth-order valence-corrected chi connectivity index (χ4v) is 3.81. The molecule has 1 unspecified atom stereocenters. The fraction of sp³-hybridized carbons (Fsp3) is 0.400. The van der Waals surface area contributed by atoms with Gasteiger partial charge in [-0.2, -0.15) is 10.4 Å². The summed E-state index contributed by atoms with van der Waals surface area (Å²) in [6.07, 6.45) is 0.418. The molecule has 2 aliphatic rings. The van der Waals surface area contributed by atoms with E-state index >= 15 is 0 Å². The van der Waals surface area contributed by atoms with E-state index in [1.54, 1.807) is 23.7 Å². The summed E-state index contributed by atoms with van der Waals surface area (Å²) in [5.41, 5.74) is 6.68. The van der Waals surface area contributed by atoms with Gasteiger partial charge in [0.1, 0.15) is 11.5 Å². The zero-order valence-electron chi connectivity index (χ0n) is 16.4. The Balaban J connectivity index is 1.64. The number of nitrogens with one attached hydrogen (secondary N) is 1. The Labute approximate surface area is 172 Å². The molecular weight excluding hydrogens is 391 g/mol. The number of ether oxygens (including phenoxy) is 1. The lowest BCUT2D eigenvalue weighted by Crippen LogP contribution is -2.54. The van der Waals surface area contributed by atoms with Crippen LogP contribution < -0.4 is 11.1 Å². The molecule has 2 aromatic rings. The Morgan fingerprint density at radius 3 is 2.83 bits per heavy atom. The summed E-state index contributed by atoms with van der Waals surface area (Å²) in [6.45, 7) is 3.00. The molecule has 1 saturated heterocycles. The van der Waals surface area contributed by atoms with E-state index in [9.17, 15) is 19.2 Å². The van der Waals surface area contributed by atoms with Crippen LogP contribution in [0.4, 0.5) is 9.18 Å². The Kier molecular flexibility index (Phi) is 4.91. The zero-order chi connectivity index (χ0) is 21.5. The van der Waals surface area contributed by atoms with Crippen LogP contribution in [-0.2, 0) is 17.8 Å². The molecule has 0 aliphatic carbocycles. The summed E-state index contributed by atoms with van der Waals surface area (Å²) in [5.74, 6) is -1.03. The number of aromatic nitrogens is 2. The molecule has 10 heteroatoms. The van der Waals surface area contributed by atoms with Crippen LogP contribution in [0.3, 0.4) is 0 Å². The van der Waals surface area contributed by atoms with E-state index in [0.717, 1.165) is 0 Å². The number of hydrogen-bond donors (Lipinski definition) is 2. The van der Waals surface area contributed by atoms with Gasteiger partial charge in [0.15, 0.2) is 5.54 Å². The van der Waals surface area contributed by atoms with Gasteiger partial charge < -0.3 is 20.7 Å². The molecular formula is C20H21FN6O3. The Hall–Kier alpha value is -3.45. The van der Waals surface area contributed by atoms with Crippen LogP contribution in [0.25, 0.3) is 11.3 Å². The second-order valence-electron chi connectivity index (χ2n) is 7.57. The van der Waals surface area contributed by atoms with E-state index in [4.69, 9.17) is 10.5 Å². The van der Waals surface area contributed by atoms with Gasteiger partial charge in [0, 0.05) is 18.5 Å². The van der Waals surface area contributed by atoms with Gasteiger partial charge in [0.05, 0.1) is 43.6 Å². The predicted octanol–water partition coefficient (Wildman–Crippen LogP) is 1.30. The van der Waals surface area contributed by atoms with Gasteiger partial charge in [-0.15, -0.1) is 0 Å². The number of fused-ring (bicyclic) bond motifs is 1. The van der Waals surface area contributed by atoms with E-state index in [0.29, 0.717) is 48.6 Å². The standard InChI is InChI=1S/C20H21FN6O3/c1-12-8-13(2-3-14(12)21)17-16(18(23)28)15-9-26(5-6-27(15)25-17)19(29)24-20(10-22)4-7-30-11-20/h2-3,8H,4-7,9,11H2,1H3,(H2,23,28)(H,24,29). The average Bonchev–Trinajstić information content (AvgIpc) is 3.34. The second-order valence-corrected chi connectivity index (χ2v) is 7.57. The lowest BCUT2D eigenvalue weighted by molar-refractivity contribution is 0.0997. The maximum Gasteiger partial charge on any atom is 0.319 e. The van der Waals surface area contributed by atoms with Crippen LogP contribution in [0.5, 0.6) is 0 Å². The van der Waals surface area contributed by atoms with E-state index in [2.05, 4.69) is 16.5 Å². The third-order valence-electron chi connectivity index (χ3n) is 5.53. The van der Waals surface area contributed by atoms with Gasteiger partial charge >= 0.3 is 6.03 Å². The first-order valence-electron chi connectivity index (χ1n) is 9.56. The first-order chi connectivity index (χ1) is 14.3. The molecule has 0 bridgehead atoms. The summed E-state index contributed by atoms with van der Waals surface area (Å²) >= 11 is 0. The van der Waals surface area contributed by atoms with Crippen molar-refractivity contribution in [1.29, 1.82) is 5.26 Å². The lowest BCUT2D eigenvalue weighted by atomic mass is 10.0. The van der Waals surface area contributed by atoms with Crippen LogP contribution in [0.2, 0.25) is 0 Å². The number of nitrogens with two attached hydrogens (primary N) is 1.